The molecule has 0 spiro atoms. The molecule has 2 aromatic rings. The van der Waals surface area contributed by atoms with Crippen LogP contribution < -0.4 is 10.2 Å². The molecule has 27 heavy (non-hydrogen) atoms. The Morgan fingerprint density at radius 1 is 1.19 bits per heavy atom. The Morgan fingerprint density at radius 3 is 2.44 bits per heavy atom. The third kappa shape index (κ3) is 3.85. The first-order chi connectivity index (χ1) is 12.8. The number of aromatic nitrogens is 2. The molecule has 1 aromatic carbocycles. The molecule has 1 aliphatic heterocycles. The molecule has 0 bridgehead atoms. The maximum atomic E-state index is 12.7. The molecule has 0 radical (unpaired) electrons. The maximum absolute atomic E-state index is 12.7. The Morgan fingerprint density at radius 2 is 1.89 bits per heavy atom. The van der Waals surface area contributed by atoms with E-state index >= 15 is 0 Å². The van der Waals surface area contributed by atoms with E-state index in [-0.39, 0.29) is 23.5 Å². The monoisotopic (exact) mass is 388 g/mol. The second-order valence-electron chi connectivity index (χ2n) is 7.63. The number of carbonyl (C=O) groups is 1. The lowest BCUT2D eigenvalue weighted by Gasteiger charge is -2.13. The van der Waals surface area contributed by atoms with Crippen molar-refractivity contribution in [1.29, 1.82) is 0 Å². The molecule has 7 nitrogen and oxygen atoms in total. The molecule has 8 heteroatoms. The van der Waals surface area contributed by atoms with Crippen LogP contribution in [0.5, 0.6) is 0 Å². The van der Waals surface area contributed by atoms with E-state index < -0.39 is 9.84 Å². The highest BCUT2D eigenvalue weighted by Gasteiger charge is 2.36. The Hall–Kier alpha value is -2.35. The molecule has 1 aliphatic carbocycles. The number of hydrogen-bond acceptors (Lipinski definition) is 5. The smallest absolute Gasteiger partial charge is 0.276 e. The first-order valence-electron chi connectivity index (χ1n) is 9.21. The second kappa shape index (κ2) is 6.67. The van der Waals surface area contributed by atoms with E-state index in [0.717, 1.165) is 24.2 Å². The number of nitrogens with zero attached hydrogens (tertiary/aromatic N) is 3. The molecular weight excluding hydrogens is 364 g/mol. The quantitative estimate of drug-likeness (QED) is 0.850. The van der Waals surface area contributed by atoms with Crippen LogP contribution in [-0.2, 0) is 9.84 Å². The Kier molecular flexibility index (Phi) is 4.46. The van der Waals surface area contributed by atoms with Gasteiger partial charge >= 0.3 is 0 Å². The molecule has 2 aliphatic rings. The van der Waals surface area contributed by atoms with Crippen molar-refractivity contribution in [1.82, 2.24) is 9.78 Å². The van der Waals surface area contributed by atoms with Gasteiger partial charge in [0.1, 0.15) is 0 Å². The normalized spacial score (nSPS) is 21.2. The number of amides is 1. The van der Waals surface area contributed by atoms with E-state index in [1.165, 1.54) is 0 Å². The Balaban J connectivity index is 1.54. The predicted octanol–water partition coefficient (Wildman–Crippen LogP) is 2.44. The summed E-state index contributed by atoms with van der Waals surface area (Å²) in [7, 11) is 0.921. The summed E-state index contributed by atoms with van der Waals surface area (Å²) in [5, 5.41) is 7.37. The fourth-order valence-electron chi connectivity index (χ4n) is 3.50. The summed E-state index contributed by atoms with van der Waals surface area (Å²) in [5.74, 6) is 0.430. The van der Waals surface area contributed by atoms with Gasteiger partial charge < -0.3 is 10.2 Å². The average molecular weight is 388 g/mol. The van der Waals surface area contributed by atoms with Gasteiger partial charge in [-0.15, -0.1) is 0 Å². The van der Waals surface area contributed by atoms with Gasteiger partial charge in [-0.1, -0.05) is 0 Å². The summed E-state index contributed by atoms with van der Waals surface area (Å²) in [6.07, 6.45) is 2.70. The van der Waals surface area contributed by atoms with E-state index in [4.69, 9.17) is 0 Å². The largest absolute Gasteiger partial charge is 0.378 e. The van der Waals surface area contributed by atoms with Gasteiger partial charge in [-0.3, -0.25) is 9.48 Å². The molecule has 4 rings (SSSR count). The zero-order valence-corrected chi connectivity index (χ0v) is 16.4. The average Bonchev–Trinajstić information content (AvgIpc) is 3.26. The molecule has 1 amide bonds. The van der Waals surface area contributed by atoms with Gasteiger partial charge in [0, 0.05) is 37.1 Å². The number of rotatable bonds is 5. The molecule has 1 N–H and O–H groups in total. The first kappa shape index (κ1) is 18.0. The van der Waals surface area contributed by atoms with E-state index in [1.54, 1.807) is 4.68 Å². The third-order valence-corrected chi connectivity index (χ3v) is 6.94. The number of nitrogens with one attached hydrogen (secondary N) is 1. The van der Waals surface area contributed by atoms with Gasteiger partial charge in [-0.2, -0.15) is 5.10 Å². The minimum Gasteiger partial charge on any atom is -0.378 e. The summed E-state index contributed by atoms with van der Waals surface area (Å²) in [6, 6.07) is 9.25. The van der Waals surface area contributed by atoms with Gasteiger partial charge in [0.05, 0.1) is 17.5 Å². The SMILES string of the molecule is CN(C)c1ccc(NC(=O)c2cc(C3CC3)n([C@H]3CCS(=O)(=O)C3)n2)cc1. The summed E-state index contributed by atoms with van der Waals surface area (Å²) in [6.45, 7) is 0. The van der Waals surface area contributed by atoms with Crippen molar-refractivity contribution >= 4 is 27.1 Å². The van der Waals surface area contributed by atoms with Crippen LogP contribution in [0.15, 0.2) is 30.3 Å². The molecule has 0 unspecified atom stereocenters. The van der Waals surface area contributed by atoms with Crippen molar-refractivity contribution in [3.8, 4) is 0 Å². The standard InChI is InChI=1S/C19H24N4O3S/c1-22(2)15-7-5-14(6-8-15)20-19(24)17-11-18(13-3-4-13)23(21-17)16-9-10-27(25,26)12-16/h5-8,11,13,16H,3-4,9-10,12H2,1-2H3,(H,20,24)/t16-/m0/s1. The Labute approximate surface area is 159 Å². The van der Waals surface area contributed by atoms with Gasteiger partial charge in [-0.25, -0.2) is 8.42 Å². The molecule has 2 heterocycles. The van der Waals surface area contributed by atoms with Crippen molar-refractivity contribution in [2.75, 3.05) is 35.8 Å². The first-order valence-corrected chi connectivity index (χ1v) is 11.0. The van der Waals surface area contributed by atoms with E-state index in [2.05, 4.69) is 10.4 Å². The van der Waals surface area contributed by atoms with Crippen molar-refractivity contribution < 1.29 is 13.2 Å². The molecule has 1 atom stereocenters. The molecule has 1 saturated carbocycles. The van der Waals surface area contributed by atoms with Crippen molar-refractivity contribution in [3.05, 3.63) is 41.7 Å². The fraction of sp³-hybridized carbons (Fsp3) is 0.474. The van der Waals surface area contributed by atoms with Crippen LogP contribution in [0.25, 0.3) is 0 Å². The summed E-state index contributed by atoms with van der Waals surface area (Å²) < 4.78 is 25.5. The lowest BCUT2D eigenvalue weighted by molar-refractivity contribution is 0.102. The van der Waals surface area contributed by atoms with Crippen molar-refractivity contribution in [3.63, 3.8) is 0 Å². The second-order valence-corrected chi connectivity index (χ2v) is 9.85. The van der Waals surface area contributed by atoms with Gasteiger partial charge in [-0.05, 0) is 49.6 Å². The molecular formula is C19H24N4O3S. The van der Waals surface area contributed by atoms with E-state index in [0.29, 0.717) is 23.7 Å². The molecule has 2 fully saturated rings. The highest BCUT2D eigenvalue weighted by atomic mass is 32.2. The van der Waals surface area contributed by atoms with Crippen molar-refractivity contribution in [2.45, 2.75) is 31.2 Å². The van der Waals surface area contributed by atoms with Gasteiger partial charge in [0.15, 0.2) is 15.5 Å². The lowest BCUT2D eigenvalue weighted by Crippen LogP contribution is -2.17. The number of hydrogen-bond donors (Lipinski definition) is 1. The van der Waals surface area contributed by atoms with Gasteiger partial charge in [0.2, 0.25) is 0 Å². The molecule has 1 aromatic heterocycles. The van der Waals surface area contributed by atoms with Crippen LogP contribution in [0, 0.1) is 0 Å². The Bertz CT molecular complexity index is 959. The minimum atomic E-state index is -3.00. The number of sulfone groups is 1. The van der Waals surface area contributed by atoms with Crippen LogP contribution in [0.3, 0.4) is 0 Å². The highest BCUT2D eigenvalue weighted by molar-refractivity contribution is 7.91. The van der Waals surface area contributed by atoms with Crippen LogP contribution in [0.2, 0.25) is 0 Å². The third-order valence-electron chi connectivity index (χ3n) is 5.19. The summed E-state index contributed by atoms with van der Waals surface area (Å²) in [5.41, 5.74) is 3.09. The predicted molar refractivity (Wildman–Crippen MR) is 105 cm³/mol. The maximum Gasteiger partial charge on any atom is 0.276 e. The zero-order valence-electron chi connectivity index (χ0n) is 15.6. The molecule has 144 valence electrons. The van der Waals surface area contributed by atoms with Crippen LogP contribution in [0.1, 0.15) is 47.4 Å². The van der Waals surface area contributed by atoms with E-state index in [1.807, 2.05) is 49.3 Å². The summed E-state index contributed by atoms with van der Waals surface area (Å²) >= 11 is 0. The van der Waals surface area contributed by atoms with Crippen LogP contribution in [-0.4, -0.2) is 49.7 Å². The highest BCUT2D eigenvalue weighted by Crippen LogP contribution is 2.42. The lowest BCUT2D eigenvalue weighted by atomic mass is 10.2. The summed E-state index contributed by atoms with van der Waals surface area (Å²) in [4.78, 5) is 14.7. The van der Waals surface area contributed by atoms with Gasteiger partial charge in [0.25, 0.3) is 5.91 Å². The number of benzene rings is 1. The van der Waals surface area contributed by atoms with E-state index in [9.17, 15) is 13.2 Å². The minimum absolute atomic E-state index is 0.113. The van der Waals surface area contributed by atoms with Crippen LogP contribution in [0.4, 0.5) is 11.4 Å². The fourth-order valence-corrected chi connectivity index (χ4v) is 5.19. The zero-order chi connectivity index (χ0) is 19.2. The number of anilines is 2. The van der Waals surface area contributed by atoms with Crippen molar-refractivity contribution in [2.24, 2.45) is 0 Å². The van der Waals surface area contributed by atoms with Crippen LogP contribution >= 0.6 is 0 Å². The molecule has 1 saturated heterocycles. The number of carbonyl (C=O) groups excluding carboxylic acids is 1. The topological polar surface area (TPSA) is 84.3 Å².